The Kier molecular flexibility index (Phi) is 37.0. The van der Waals surface area contributed by atoms with Crippen LogP contribution in [0.4, 0.5) is 4.79 Å². The molecule has 0 aromatic rings. The average molecular weight is 162 g/mol. The third-order valence-electron chi connectivity index (χ3n) is 0. The summed E-state index contributed by atoms with van der Waals surface area (Å²) in [5, 5.41) is 13.9. The van der Waals surface area contributed by atoms with Crippen molar-refractivity contribution in [2.45, 2.75) is 0 Å². The van der Waals surface area contributed by atoms with E-state index in [0.717, 1.165) is 0 Å². The van der Waals surface area contributed by atoms with Crippen LogP contribution in [0.25, 0.3) is 0 Å². The van der Waals surface area contributed by atoms with Crippen molar-refractivity contribution < 1.29 is 35.9 Å². The van der Waals surface area contributed by atoms with Gasteiger partial charge in [0.25, 0.3) is 0 Å². The van der Waals surface area contributed by atoms with Crippen LogP contribution in [0, 0.1) is 0 Å². The first-order valence-corrected chi connectivity index (χ1v) is 1.52. The minimum absolute atomic E-state index is 0. The van der Waals surface area contributed by atoms with E-state index in [2.05, 4.69) is 0 Å². The summed E-state index contributed by atoms with van der Waals surface area (Å²) < 4.78 is 8.28. The molecule has 0 spiro atoms. The molecular weight excluding hydrogens is 159 g/mol. The van der Waals surface area contributed by atoms with Crippen LogP contribution in [0.2, 0.25) is 0 Å². The Morgan fingerprint density at radius 3 is 1.29 bits per heavy atom. The first-order chi connectivity index (χ1) is 2.73. The number of hydrogen-bond donors (Lipinski definition) is 2. The maximum atomic E-state index is 8.56. The predicted molar refractivity (Wildman–Crippen MR) is 18.5 cm³/mol. The van der Waals surface area contributed by atoms with Crippen LogP contribution >= 0.6 is 0 Å². The Balaban J connectivity index is -0.0000000480. The van der Waals surface area contributed by atoms with Crippen LogP contribution in [0.1, 0.15) is 0 Å². The number of carboxylic acid groups (broad SMARTS) is 2. The summed E-state index contributed by atoms with van der Waals surface area (Å²) in [6.45, 7) is 0. The van der Waals surface area contributed by atoms with E-state index in [4.69, 9.17) is 18.8 Å². The Bertz CT molecular complexity index is 43.0. The van der Waals surface area contributed by atoms with E-state index in [1.165, 1.54) is 0 Å². The fourth-order valence-corrected chi connectivity index (χ4v) is 0. The van der Waals surface area contributed by atoms with Gasteiger partial charge in [-0.3, -0.25) is 0 Å². The van der Waals surface area contributed by atoms with E-state index in [0.29, 0.717) is 16.2 Å². The zero-order chi connectivity index (χ0) is 5.58. The Morgan fingerprint density at radius 1 is 1.29 bits per heavy atom. The van der Waals surface area contributed by atoms with Gasteiger partial charge in [0.05, 0.1) is 0 Å². The van der Waals surface area contributed by atoms with Crippen LogP contribution in [-0.4, -0.2) is 32.6 Å². The summed E-state index contributed by atoms with van der Waals surface area (Å²) in [4.78, 5) is 8.56. The molecule has 0 atom stereocenters. The van der Waals surface area contributed by atoms with Crippen LogP contribution in [0.5, 0.6) is 0 Å². The summed E-state index contributed by atoms with van der Waals surface area (Å²) in [6.07, 6.45) is -1.83. The SMILES string of the molecule is O=C(O)O.[Fe].[O]=[AlH]. The van der Waals surface area contributed by atoms with Crippen LogP contribution in [-0.2, 0) is 20.9 Å². The van der Waals surface area contributed by atoms with Crippen LogP contribution in [0.3, 0.4) is 0 Å². The fourth-order valence-electron chi connectivity index (χ4n) is 0. The van der Waals surface area contributed by atoms with E-state index in [-0.39, 0.29) is 17.1 Å². The summed E-state index contributed by atoms with van der Waals surface area (Å²) in [6, 6.07) is 0. The Morgan fingerprint density at radius 2 is 1.29 bits per heavy atom. The Labute approximate surface area is 58.6 Å². The van der Waals surface area contributed by atoms with Crippen molar-refractivity contribution in [3.63, 3.8) is 0 Å². The molecular formula is CH3AlFeO4. The third-order valence-corrected chi connectivity index (χ3v) is 0. The van der Waals surface area contributed by atoms with E-state index in [1.54, 1.807) is 0 Å². The predicted octanol–water partition coefficient (Wildman–Crippen LogP) is -0.547. The van der Waals surface area contributed by atoms with Crippen molar-refractivity contribution in [2.24, 2.45) is 0 Å². The summed E-state index contributed by atoms with van der Waals surface area (Å²) in [7, 11) is 0. The number of carbonyl (C=O) groups is 1. The quantitative estimate of drug-likeness (QED) is 0.468. The molecule has 6 heteroatoms. The summed E-state index contributed by atoms with van der Waals surface area (Å²) >= 11 is 0.611. The molecule has 0 saturated carbocycles. The van der Waals surface area contributed by atoms with Gasteiger partial charge in [-0.15, -0.1) is 0 Å². The number of rotatable bonds is 0. The molecule has 0 aliphatic heterocycles. The van der Waals surface area contributed by atoms with Crippen molar-refractivity contribution in [1.29, 1.82) is 0 Å². The van der Waals surface area contributed by atoms with Crippen molar-refractivity contribution in [1.82, 2.24) is 0 Å². The molecule has 0 rings (SSSR count). The van der Waals surface area contributed by atoms with Gasteiger partial charge in [-0.2, -0.15) is 0 Å². The summed E-state index contributed by atoms with van der Waals surface area (Å²) in [5.41, 5.74) is 0. The van der Waals surface area contributed by atoms with E-state index >= 15 is 0 Å². The first-order valence-electron chi connectivity index (χ1n) is 0.940. The molecule has 0 unspecified atom stereocenters. The zero-order valence-electron chi connectivity index (χ0n) is 3.27. The zero-order valence-corrected chi connectivity index (χ0v) is 5.79. The molecule has 42 valence electrons. The topological polar surface area (TPSA) is 74.6 Å². The maximum absolute atomic E-state index is 8.56. The molecule has 0 fully saturated rings. The molecule has 0 aromatic carbocycles. The van der Waals surface area contributed by atoms with Gasteiger partial charge in [-0.05, 0) is 0 Å². The van der Waals surface area contributed by atoms with Gasteiger partial charge < -0.3 is 10.2 Å². The molecule has 2 N–H and O–H groups in total. The van der Waals surface area contributed by atoms with Gasteiger partial charge in [0.2, 0.25) is 0 Å². The molecule has 0 saturated heterocycles. The van der Waals surface area contributed by atoms with Gasteiger partial charge in [0.1, 0.15) is 0 Å². The molecule has 7 heavy (non-hydrogen) atoms. The second-order valence-corrected chi connectivity index (χ2v) is 0.283. The van der Waals surface area contributed by atoms with Gasteiger partial charge >= 0.3 is 26.2 Å². The minimum atomic E-state index is -1.83. The fraction of sp³-hybridized carbons (Fsp3) is 0. The first kappa shape index (κ1) is 15.7. The van der Waals surface area contributed by atoms with Gasteiger partial charge in [0, 0.05) is 17.1 Å². The molecule has 0 aromatic heterocycles. The standard InChI is InChI=1S/CH2O3.Al.Fe.O.H/c2-1(3)4;;;;/h(H2,2,3,4);;;;. The second-order valence-electron chi connectivity index (χ2n) is 0.283. The van der Waals surface area contributed by atoms with Crippen molar-refractivity contribution in [3.05, 3.63) is 0 Å². The van der Waals surface area contributed by atoms with Crippen molar-refractivity contribution >= 4 is 22.4 Å². The third kappa shape index (κ3) is 6990. The van der Waals surface area contributed by atoms with Gasteiger partial charge in [-0.1, -0.05) is 0 Å². The van der Waals surface area contributed by atoms with E-state index < -0.39 is 6.16 Å². The molecule has 0 bridgehead atoms. The second kappa shape index (κ2) is 16.5. The molecule has 4 nitrogen and oxygen atoms in total. The molecule has 0 aliphatic rings. The average Bonchev–Trinajstić information content (AvgIpc) is 1.41. The van der Waals surface area contributed by atoms with Crippen molar-refractivity contribution in [2.75, 3.05) is 0 Å². The van der Waals surface area contributed by atoms with Gasteiger partial charge in [-0.25, -0.2) is 4.79 Å². The Hall–Kier alpha value is 0.122. The molecule has 0 amide bonds. The van der Waals surface area contributed by atoms with Crippen molar-refractivity contribution in [3.8, 4) is 0 Å². The molecule has 0 heterocycles. The van der Waals surface area contributed by atoms with Gasteiger partial charge in [0.15, 0.2) is 0 Å². The normalized spacial score (nSPS) is 3.86. The molecule has 0 radical (unpaired) electrons. The van der Waals surface area contributed by atoms with Crippen LogP contribution < -0.4 is 0 Å². The molecule has 0 aliphatic carbocycles. The van der Waals surface area contributed by atoms with E-state index in [1.807, 2.05) is 0 Å². The summed E-state index contributed by atoms with van der Waals surface area (Å²) in [5.74, 6) is 0. The van der Waals surface area contributed by atoms with Crippen LogP contribution in [0.15, 0.2) is 0 Å². The monoisotopic (exact) mass is 162 g/mol. The van der Waals surface area contributed by atoms with E-state index in [9.17, 15) is 0 Å². The number of hydrogen-bond acceptors (Lipinski definition) is 2.